The maximum Gasteiger partial charge on any atom is 0.149 e. The van der Waals surface area contributed by atoms with Gasteiger partial charge in [0, 0.05) is 12.3 Å². The predicted molar refractivity (Wildman–Crippen MR) is 74.0 cm³/mol. The van der Waals surface area contributed by atoms with Gasteiger partial charge in [-0.1, -0.05) is 6.07 Å². The average Bonchev–Trinajstić information content (AvgIpc) is 2.27. The van der Waals surface area contributed by atoms with Crippen molar-refractivity contribution in [3.05, 3.63) is 28.8 Å². The maximum atomic E-state index is 11.4. The molecule has 0 aliphatic rings. The molecule has 18 heavy (non-hydrogen) atoms. The molecule has 0 radical (unpaired) electrons. The number of benzene rings is 1. The minimum atomic E-state index is -3.02. The molecule has 1 rings (SSSR count). The molecule has 0 aliphatic heterocycles. The summed E-state index contributed by atoms with van der Waals surface area (Å²) < 4.78 is 28.1. The molecule has 0 aromatic heterocycles. The van der Waals surface area contributed by atoms with Crippen molar-refractivity contribution in [1.29, 1.82) is 0 Å². The van der Waals surface area contributed by atoms with Crippen LogP contribution in [0.4, 0.5) is 0 Å². The molecule has 4 nitrogen and oxygen atoms in total. The number of rotatable bonds is 5. The lowest BCUT2D eigenvalue weighted by atomic mass is 9.99. The molecule has 1 aromatic rings. The molecule has 1 unspecified atom stereocenters. The van der Waals surface area contributed by atoms with E-state index in [4.69, 9.17) is 4.74 Å². The Morgan fingerprint density at radius 1 is 1.28 bits per heavy atom. The van der Waals surface area contributed by atoms with E-state index >= 15 is 0 Å². The molecule has 5 heteroatoms. The maximum absolute atomic E-state index is 11.4. The van der Waals surface area contributed by atoms with E-state index in [0.717, 1.165) is 22.4 Å². The molecule has 0 saturated carbocycles. The normalized spacial score (nSPS) is 13.4. The van der Waals surface area contributed by atoms with E-state index in [1.807, 2.05) is 26.0 Å². The average molecular weight is 271 g/mol. The summed E-state index contributed by atoms with van der Waals surface area (Å²) in [6.07, 6.45) is 1.25. The molecular formula is C13H21NO3S. The van der Waals surface area contributed by atoms with E-state index in [1.165, 1.54) is 6.26 Å². The molecule has 1 atom stereocenters. The Bertz CT molecular complexity index is 523. The standard InChI is InChI=1S/C13H21NO3S/c1-9-7-13(17-4)10(2)6-11(9)12(14-3)8-18(5,15)16/h6-7,12,14H,8H2,1-5H3. The van der Waals surface area contributed by atoms with Gasteiger partial charge in [-0.15, -0.1) is 0 Å². The quantitative estimate of drug-likeness (QED) is 0.884. The lowest BCUT2D eigenvalue weighted by Crippen LogP contribution is -2.25. The van der Waals surface area contributed by atoms with Gasteiger partial charge in [-0.3, -0.25) is 0 Å². The van der Waals surface area contributed by atoms with Crippen LogP contribution in [0.5, 0.6) is 5.75 Å². The highest BCUT2D eigenvalue weighted by atomic mass is 32.2. The number of hydrogen-bond acceptors (Lipinski definition) is 4. The summed E-state index contributed by atoms with van der Waals surface area (Å²) in [6, 6.07) is 3.74. The number of ether oxygens (including phenoxy) is 1. The zero-order chi connectivity index (χ0) is 13.9. The predicted octanol–water partition coefficient (Wildman–Crippen LogP) is 1.62. The number of nitrogens with one attached hydrogen (secondary N) is 1. The fourth-order valence-electron chi connectivity index (χ4n) is 2.04. The highest BCUT2D eigenvalue weighted by Gasteiger charge is 2.18. The summed E-state index contributed by atoms with van der Waals surface area (Å²) >= 11 is 0. The van der Waals surface area contributed by atoms with Crippen LogP contribution in [0.3, 0.4) is 0 Å². The van der Waals surface area contributed by atoms with Crippen molar-refractivity contribution in [2.45, 2.75) is 19.9 Å². The van der Waals surface area contributed by atoms with Crippen molar-refractivity contribution >= 4 is 9.84 Å². The lowest BCUT2D eigenvalue weighted by Gasteiger charge is -2.19. The summed E-state index contributed by atoms with van der Waals surface area (Å²) in [5, 5.41) is 3.06. The van der Waals surface area contributed by atoms with Crippen LogP contribution < -0.4 is 10.1 Å². The van der Waals surface area contributed by atoms with Crippen molar-refractivity contribution in [3.8, 4) is 5.75 Å². The summed E-state index contributed by atoms with van der Waals surface area (Å²) in [4.78, 5) is 0. The third-order valence-corrected chi connectivity index (χ3v) is 3.92. The Balaban J connectivity index is 3.18. The second-order valence-corrected chi connectivity index (χ2v) is 6.80. The van der Waals surface area contributed by atoms with Crippen LogP contribution in [0.15, 0.2) is 12.1 Å². The third-order valence-electron chi connectivity index (χ3n) is 2.98. The van der Waals surface area contributed by atoms with Crippen LogP contribution >= 0.6 is 0 Å². The van der Waals surface area contributed by atoms with Crippen LogP contribution in [0.1, 0.15) is 22.7 Å². The van der Waals surface area contributed by atoms with E-state index in [1.54, 1.807) is 14.2 Å². The third kappa shape index (κ3) is 3.71. The molecule has 0 saturated heterocycles. The van der Waals surface area contributed by atoms with Crippen LogP contribution in [-0.4, -0.2) is 34.6 Å². The minimum Gasteiger partial charge on any atom is -0.496 e. The van der Waals surface area contributed by atoms with Gasteiger partial charge >= 0.3 is 0 Å². The smallest absolute Gasteiger partial charge is 0.149 e. The van der Waals surface area contributed by atoms with E-state index in [9.17, 15) is 8.42 Å². The molecule has 1 aromatic carbocycles. The first-order valence-electron chi connectivity index (χ1n) is 5.78. The molecule has 1 N–H and O–H groups in total. The van der Waals surface area contributed by atoms with Gasteiger partial charge in [0.2, 0.25) is 0 Å². The second-order valence-electron chi connectivity index (χ2n) is 4.61. The summed E-state index contributed by atoms with van der Waals surface area (Å²) in [5.74, 6) is 0.918. The van der Waals surface area contributed by atoms with Crippen molar-refractivity contribution in [2.75, 3.05) is 26.2 Å². The molecule has 0 spiro atoms. The first kappa shape index (κ1) is 15.0. The van der Waals surface area contributed by atoms with Gasteiger partial charge in [-0.05, 0) is 43.7 Å². The molecule has 0 amide bonds. The molecular weight excluding hydrogens is 250 g/mol. The second kappa shape index (κ2) is 5.71. The Hall–Kier alpha value is -1.07. The summed E-state index contributed by atoms with van der Waals surface area (Å²) in [5.41, 5.74) is 3.04. The molecule has 102 valence electrons. The van der Waals surface area contributed by atoms with Gasteiger partial charge in [0.15, 0.2) is 0 Å². The molecule has 0 heterocycles. The monoisotopic (exact) mass is 271 g/mol. The van der Waals surface area contributed by atoms with Gasteiger partial charge in [0.1, 0.15) is 15.6 Å². The molecule has 0 bridgehead atoms. The topological polar surface area (TPSA) is 55.4 Å². The van der Waals surface area contributed by atoms with Gasteiger partial charge in [0.25, 0.3) is 0 Å². The van der Waals surface area contributed by atoms with Crippen LogP contribution in [0.2, 0.25) is 0 Å². The number of sulfone groups is 1. The molecule has 0 aliphatic carbocycles. The first-order valence-corrected chi connectivity index (χ1v) is 7.84. The van der Waals surface area contributed by atoms with Gasteiger partial charge in [-0.25, -0.2) is 8.42 Å². The highest BCUT2D eigenvalue weighted by Crippen LogP contribution is 2.27. The van der Waals surface area contributed by atoms with E-state index < -0.39 is 9.84 Å². The summed E-state index contributed by atoms with van der Waals surface area (Å²) in [7, 11) is 0.382. The van der Waals surface area contributed by atoms with E-state index in [0.29, 0.717) is 0 Å². The van der Waals surface area contributed by atoms with Gasteiger partial charge < -0.3 is 10.1 Å². The van der Waals surface area contributed by atoms with Crippen molar-refractivity contribution in [3.63, 3.8) is 0 Å². The van der Waals surface area contributed by atoms with Crippen LogP contribution in [-0.2, 0) is 9.84 Å². The van der Waals surface area contributed by atoms with E-state index in [-0.39, 0.29) is 11.8 Å². The fraction of sp³-hybridized carbons (Fsp3) is 0.538. The van der Waals surface area contributed by atoms with Gasteiger partial charge in [0.05, 0.1) is 12.9 Å². The van der Waals surface area contributed by atoms with Crippen molar-refractivity contribution in [1.82, 2.24) is 5.32 Å². The first-order chi connectivity index (χ1) is 8.28. The highest BCUT2D eigenvalue weighted by molar-refractivity contribution is 7.90. The SMILES string of the molecule is CNC(CS(C)(=O)=O)c1cc(C)c(OC)cc1C. The van der Waals surface area contributed by atoms with Gasteiger partial charge in [-0.2, -0.15) is 0 Å². The largest absolute Gasteiger partial charge is 0.496 e. The van der Waals surface area contributed by atoms with Crippen LogP contribution in [0.25, 0.3) is 0 Å². The fourth-order valence-corrected chi connectivity index (χ4v) is 2.99. The lowest BCUT2D eigenvalue weighted by molar-refractivity contribution is 0.411. The van der Waals surface area contributed by atoms with Crippen molar-refractivity contribution < 1.29 is 13.2 Å². The zero-order valence-electron chi connectivity index (χ0n) is 11.6. The number of aryl methyl sites for hydroxylation is 2. The Kier molecular flexibility index (Phi) is 4.76. The number of hydrogen-bond donors (Lipinski definition) is 1. The Morgan fingerprint density at radius 3 is 2.33 bits per heavy atom. The minimum absolute atomic E-state index is 0.0934. The number of methoxy groups -OCH3 is 1. The Morgan fingerprint density at radius 2 is 1.89 bits per heavy atom. The Labute approximate surface area is 109 Å². The molecule has 0 fully saturated rings. The van der Waals surface area contributed by atoms with Crippen molar-refractivity contribution in [2.24, 2.45) is 0 Å². The zero-order valence-corrected chi connectivity index (χ0v) is 12.4. The summed E-state index contributed by atoms with van der Waals surface area (Å²) in [6.45, 7) is 3.92. The van der Waals surface area contributed by atoms with Crippen LogP contribution in [0, 0.1) is 13.8 Å². The van der Waals surface area contributed by atoms with E-state index in [2.05, 4.69) is 5.32 Å².